The molecule has 0 aliphatic carbocycles. The predicted molar refractivity (Wildman–Crippen MR) is 81.3 cm³/mol. The van der Waals surface area contributed by atoms with Crippen LogP contribution in [0.25, 0.3) is 0 Å². The summed E-state index contributed by atoms with van der Waals surface area (Å²) in [6.07, 6.45) is 1.10. The zero-order chi connectivity index (χ0) is 15.3. The number of hydrogen-bond donors (Lipinski definition) is 1. The highest BCUT2D eigenvalue weighted by atomic mass is 35.5. The summed E-state index contributed by atoms with van der Waals surface area (Å²) in [5.41, 5.74) is -0.390. The van der Waals surface area contributed by atoms with Gasteiger partial charge in [-0.25, -0.2) is 13.3 Å². The fraction of sp³-hybridized carbons (Fsp3) is 1.00. The summed E-state index contributed by atoms with van der Waals surface area (Å²) in [5.74, 6) is 0.119. The van der Waals surface area contributed by atoms with E-state index in [1.54, 1.807) is 13.8 Å². The van der Waals surface area contributed by atoms with Crippen LogP contribution in [0.3, 0.4) is 0 Å². The Bertz CT molecular complexity index is 364. The van der Waals surface area contributed by atoms with Crippen molar-refractivity contribution in [3.8, 4) is 0 Å². The molecule has 0 radical (unpaired) electrons. The molecule has 0 aromatic rings. The van der Waals surface area contributed by atoms with Crippen molar-refractivity contribution in [1.82, 2.24) is 4.84 Å². The van der Waals surface area contributed by atoms with Gasteiger partial charge in [-0.1, -0.05) is 0 Å². The highest BCUT2D eigenvalue weighted by Gasteiger charge is 2.35. The molecular weight excluding hydrogens is 286 g/mol. The van der Waals surface area contributed by atoms with E-state index >= 15 is 0 Å². The van der Waals surface area contributed by atoms with Crippen molar-refractivity contribution < 1.29 is 13.2 Å². The molecule has 116 valence electrons. The smallest absolute Gasteiger partial charge is 0.155 e. The molecule has 0 aromatic carbocycles. The Kier molecular flexibility index (Phi) is 7.31. The Morgan fingerprint density at radius 1 is 1.16 bits per heavy atom. The lowest BCUT2D eigenvalue weighted by atomic mass is 10.0. The van der Waals surface area contributed by atoms with Gasteiger partial charge in [0.2, 0.25) is 0 Å². The van der Waals surface area contributed by atoms with Crippen molar-refractivity contribution in [3.05, 3.63) is 0 Å². The first-order valence-corrected chi connectivity index (χ1v) is 8.68. The molecule has 0 aliphatic rings. The molecule has 4 nitrogen and oxygen atoms in total. The lowest BCUT2D eigenvalue weighted by Gasteiger charge is -2.28. The van der Waals surface area contributed by atoms with E-state index in [4.69, 9.17) is 16.5 Å². The normalized spacial score (nSPS) is 14.1. The van der Waals surface area contributed by atoms with E-state index < -0.39 is 14.6 Å². The Hall–Kier alpha value is 0.160. The maximum absolute atomic E-state index is 12.4. The van der Waals surface area contributed by atoms with Gasteiger partial charge < -0.3 is 4.74 Å². The van der Waals surface area contributed by atoms with Crippen molar-refractivity contribution in [2.45, 2.75) is 70.8 Å². The van der Waals surface area contributed by atoms with Crippen molar-refractivity contribution in [2.75, 3.05) is 12.4 Å². The zero-order valence-corrected chi connectivity index (χ0v) is 14.5. The van der Waals surface area contributed by atoms with Gasteiger partial charge in [0.25, 0.3) is 0 Å². The largest absolute Gasteiger partial charge is 0.379 e. The van der Waals surface area contributed by atoms with Crippen LogP contribution < -0.4 is 4.84 Å². The second-order valence-corrected chi connectivity index (χ2v) is 9.41. The molecule has 0 unspecified atom stereocenters. The third-order valence-electron chi connectivity index (χ3n) is 3.25. The SMILES string of the molecule is CC(C)OCCC(C)(C)S(=O)(=O)CCC(C)(C)NCl. The number of sulfone groups is 1. The van der Waals surface area contributed by atoms with E-state index in [0.29, 0.717) is 19.4 Å². The molecule has 0 saturated carbocycles. The van der Waals surface area contributed by atoms with E-state index in [1.807, 2.05) is 27.7 Å². The van der Waals surface area contributed by atoms with Crippen LogP contribution in [0, 0.1) is 0 Å². The summed E-state index contributed by atoms with van der Waals surface area (Å²) < 4.78 is 29.4. The van der Waals surface area contributed by atoms with Crippen molar-refractivity contribution >= 4 is 21.6 Å². The Balaban J connectivity index is 4.52. The van der Waals surface area contributed by atoms with Gasteiger partial charge in [0.05, 0.1) is 16.6 Å². The van der Waals surface area contributed by atoms with E-state index in [0.717, 1.165) is 0 Å². The van der Waals surface area contributed by atoms with E-state index in [1.165, 1.54) is 0 Å². The van der Waals surface area contributed by atoms with Crippen LogP contribution in [0.2, 0.25) is 0 Å². The Labute approximate surface area is 123 Å². The maximum atomic E-state index is 12.4. The van der Waals surface area contributed by atoms with Crippen LogP contribution in [0.1, 0.15) is 54.4 Å². The number of halogens is 1. The summed E-state index contributed by atoms with van der Waals surface area (Å²) in [4.78, 5) is 2.61. The van der Waals surface area contributed by atoms with Gasteiger partial charge >= 0.3 is 0 Å². The third kappa shape index (κ3) is 6.93. The quantitative estimate of drug-likeness (QED) is 0.665. The molecule has 6 heteroatoms. The highest BCUT2D eigenvalue weighted by Crippen LogP contribution is 2.24. The van der Waals surface area contributed by atoms with Crippen LogP contribution in [-0.4, -0.2) is 37.2 Å². The van der Waals surface area contributed by atoms with Crippen molar-refractivity contribution in [1.29, 1.82) is 0 Å². The van der Waals surface area contributed by atoms with E-state index in [2.05, 4.69) is 4.84 Å². The minimum atomic E-state index is -3.18. The summed E-state index contributed by atoms with van der Waals surface area (Å²) in [6, 6.07) is 0. The van der Waals surface area contributed by atoms with Gasteiger partial charge in [-0.2, -0.15) is 0 Å². The lowest BCUT2D eigenvalue weighted by Crippen LogP contribution is -2.40. The zero-order valence-electron chi connectivity index (χ0n) is 12.9. The van der Waals surface area contributed by atoms with Crippen molar-refractivity contribution in [2.24, 2.45) is 0 Å². The second-order valence-electron chi connectivity index (χ2n) is 6.48. The predicted octanol–water partition coefficient (Wildman–Crippen LogP) is 2.91. The summed E-state index contributed by atoms with van der Waals surface area (Å²) in [5, 5.41) is 0. The molecule has 0 atom stereocenters. The Morgan fingerprint density at radius 3 is 2.11 bits per heavy atom. The third-order valence-corrected chi connectivity index (χ3v) is 6.39. The van der Waals surface area contributed by atoms with Crippen LogP contribution in [0.15, 0.2) is 0 Å². The number of nitrogens with one attached hydrogen (secondary N) is 1. The van der Waals surface area contributed by atoms with Gasteiger partial charge in [0.15, 0.2) is 9.84 Å². The van der Waals surface area contributed by atoms with Crippen LogP contribution in [-0.2, 0) is 14.6 Å². The molecule has 19 heavy (non-hydrogen) atoms. The average Bonchev–Trinajstić information content (AvgIpc) is 2.26. The van der Waals surface area contributed by atoms with Crippen LogP contribution >= 0.6 is 11.8 Å². The van der Waals surface area contributed by atoms with Gasteiger partial charge in [-0.15, -0.1) is 0 Å². The number of ether oxygens (including phenoxy) is 1. The molecule has 0 rings (SSSR count). The molecular formula is C13H28ClNO3S. The highest BCUT2D eigenvalue weighted by molar-refractivity contribution is 7.92. The maximum Gasteiger partial charge on any atom is 0.155 e. The molecule has 0 amide bonds. The summed E-state index contributed by atoms with van der Waals surface area (Å²) in [7, 11) is -3.18. The molecule has 1 N–H and O–H groups in total. The molecule has 0 bridgehead atoms. The molecule has 0 heterocycles. The van der Waals surface area contributed by atoms with Gasteiger partial charge in [-0.3, -0.25) is 0 Å². The topological polar surface area (TPSA) is 55.4 Å². The fourth-order valence-electron chi connectivity index (χ4n) is 1.41. The van der Waals surface area contributed by atoms with Gasteiger partial charge in [-0.05, 0) is 66.2 Å². The lowest BCUT2D eigenvalue weighted by molar-refractivity contribution is 0.0727. The molecule has 0 fully saturated rings. The first kappa shape index (κ1) is 19.2. The Morgan fingerprint density at radius 2 is 1.68 bits per heavy atom. The second kappa shape index (κ2) is 7.25. The monoisotopic (exact) mass is 313 g/mol. The first-order chi connectivity index (χ1) is 8.43. The van der Waals surface area contributed by atoms with Crippen molar-refractivity contribution in [3.63, 3.8) is 0 Å². The fourth-order valence-corrected chi connectivity index (χ4v) is 3.23. The molecule has 0 spiro atoms. The van der Waals surface area contributed by atoms with Gasteiger partial charge in [0, 0.05) is 12.1 Å². The minimum absolute atomic E-state index is 0.119. The molecule has 0 aliphatic heterocycles. The average molecular weight is 314 g/mol. The number of rotatable bonds is 9. The summed E-state index contributed by atoms with van der Waals surface area (Å²) >= 11 is 5.59. The molecule has 0 aromatic heterocycles. The van der Waals surface area contributed by atoms with Crippen LogP contribution in [0.5, 0.6) is 0 Å². The molecule has 0 saturated heterocycles. The van der Waals surface area contributed by atoms with E-state index in [9.17, 15) is 8.42 Å². The standard InChI is InChI=1S/C13H28ClNO3S/c1-11(2)18-9-7-13(5,6)19(16,17)10-8-12(3,4)15-14/h11,15H,7-10H2,1-6H3. The van der Waals surface area contributed by atoms with E-state index in [-0.39, 0.29) is 17.4 Å². The number of hydrogen-bond acceptors (Lipinski definition) is 4. The summed E-state index contributed by atoms with van der Waals surface area (Å²) in [6.45, 7) is 11.6. The van der Waals surface area contributed by atoms with Gasteiger partial charge in [0.1, 0.15) is 0 Å². The minimum Gasteiger partial charge on any atom is -0.379 e. The van der Waals surface area contributed by atoms with Crippen LogP contribution in [0.4, 0.5) is 0 Å². The first-order valence-electron chi connectivity index (χ1n) is 6.65.